The molecule has 0 radical (unpaired) electrons. The Bertz CT molecular complexity index is 598. The molecule has 2 N–H and O–H groups in total. The first-order valence-corrected chi connectivity index (χ1v) is 8.30. The highest BCUT2D eigenvalue weighted by Gasteiger charge is 2.42. The Morgan fingerprint density at radius 2 is 1.91 bits per heavy atom. The molecule has 1 fully saturated rings. The van der Waals surface area contributed by atoms with Crippen molar-refractivity contribution >= 4 is 23.6 Å². The van der Waals surface area contributed by atoms with Crippen LogP contribution >= 0.6 is 11.8 Å². The molecule has 22 heavy (non-hydrogen) atoms. The lowest BCUT2D eigenvalue weighted by Gasteiger charge is -2.34. The van der Waals surface area contributed by atoms with E-state index in [0.717, 1.165) is 11.5 Å². The van der Waals surface area contributed by atoms with Gasteiger partial charge in [0.05, 0.1) is 5.56 Å². The van der Waals surface area contributed by atoms with Gasteiger partial charge in [0.2, 0.25) is 0 Å². The van der Waals surface area contributed by atoms with E-state index in [2.05, 4.69) is 5.32 Å². The Hall–Kier alpha value is -1.89. The maximum absolute atomic E-state index is 12.6. The molecular formula is C15H17NO5S. The van der Waals surface area contributed by atoms with Gasteiger partial charge in [0.25, 0.3) is 5.91 Å². The summed E-state index contributed by atoms with van der Waals surface area (Å²) in [4.78, 5) is 24.2. The van der Waals surface area contributed by atoms with E-state index < -0.39 is 17.4 Å². The van der Waals surface area contributed by atoms with E-state index in [1.54, 1.807) is 30.0 Å². The third kappa shape index (κ3) is 2.72. The largest absolute Gasteiger partial charge is 0.486 e. The summed E-state index contributed by atoms with van der Waals surface area (Å²) in [7, 11) is 0. The first kappa shape index (κ1) is 15.0. The topological polar surface area (TPSA) is 84.9 Å². The lowest BCUT2D eigenvalue weighted by Crippen LogP contribution is -2.56. The van der Waals surface area contributed by atoms with Crippen LogP contribution in [0.15, 0.2) is 18.2 Å². The Morgan fingerprint density at radius 3 is 2.64 bits per heavy atom. The van der Waals surface area contributed by atoms with E-state index in [4.69, 9.17) is 9.47 Å². The third-order valence-electron chi connectivity index (χ3n) is 3.92. The molecule has 1 aromatic carbocycles. The second-order valence-corrected chi connectivity index (χ2v) is 6.51. The number of nitrogens with one attached hydrogen (secondary N) is 1. The van der Waals surface area contributed by atoms with Crippen molar-refractivity contribution in [1.82, 2.24) is 5.32 Å². The van der Waals surface area contributed by atoms with Gasteiger partial charge in [0.1, 0.15) is 18.8 Å². The van der Waals surface area contributed by atoms with Crippen LogP contribution in [0.2, 0.25) is 0 Å². The number of ether oxygens (including phenoxy) is 2. The predicted octanol–water partition coefficient (Wildman–Crippen LogP) is 1.54. The molecule has 6 nitrogen and oxygen atoms in total. The number of rotatable bonds is 3. The zero-order chi connectivity index (χ0) is 15.6. The van der Waals surface area contributed by atoms with Crippen molar-refractivity contribution in [2.24, 2.45) is 0 Å². The molecule has 2 aliphatic heterocycles. The van der Waals surface area contributed by atoms with Gasteiger partial charge >= 0.3 is 5.97 Å². The van der Waals surface area contributed by atoms with E-state index in [1.807, 2.05) is 0 Å². The van der Waals surface area contributed by atoms with Gasteiger partial charge in [-0.25, -0.2) is 4.79 Å². The summed E-state index contributed by atoms with van der Waals surface area (Å²) in [5, 5.41) is 12.3. The minimum Gasteiger partial charge on any atom is -0.486 e. The fourth-order valence-electron chi connectivity index (χ4n) is 2.65. The van der Waals surface area contributed by atoms with Gasteiger partial charge in [-0.05, 0) is 36.5 Å². The molecule has 0 unspecified atom stereocenters. The number of amides is 1. The summed E-state index contributed by atoms with van der Waals surface area (Å²) in [6, 6.07) is 5.05. The number of aliphatic carboxylic acids is 1. The van der Waals surface area contributed by atoms with Crippen LogP contribution in [0.3, 0.4) is 0 Å². The molecule has 0 aliphatic carbocycles. The van der Waals surface area contributed by atoms with Gasteiger partial charge < -0.3 is 19.9 Å². The van der Waals surface area contributed by atoms with E-state index in [0.29, 0.717) is 43.1 Å². The minimum absolute atomic E-state index is 0.316. The summed E-state index contributed by atoms with van der Waals surface area (Å²) in [6.45, 7) is 0.812. The molecule has 118 valence electrons. The van der Waals surface area contributed by atoms with Crippen LogP contribution in [-0.2, 0) is 4.79 Å². The number of carboxylic acids is 1. The summed E-state index contributed by atoms with van der Waals surface area (Å²) < 4.78 is 11.0. The number of thioether (sulfide) groups is 1. The summed E-state index contributed by atoms with van der Waals surface area (Å²) in [5.41, 5.74) is -0.878. The van der Waals surface area contributed by atoms with Crippen molar-refractivity contribution in [1.29, 1.82) is 0 Å². The summed E-state index contributed by atoms with van der Waals surface area (Å²) >= 11 is 1.70. The minimum atomic E-state index is -1.19. The van der Waals surface area contributed by atoms with Crippen molar-refractivity contribution < 1.29 is 24.2 Å². The zero-order valence-corrected chi connectivity index (χ0v) is 12.8. The lowest BCUT2D eigenvalue weighted by molar-refractivity contribution is -0.144. The molecule has 2 heterocycles. The second-order valence-electron chi connectivity index (χ2n) is 5.28. The fraction of sp³-hybridized carbons (Fsp3) is 0.467. The highest BCUT2D eigenvalue weighted by Crippen LogP contribution is 2.34. The number of carboxylic acid groups (broad SMARTS) is 1. The Balaban J connectivity index is 1.86. The number of carbonyl (C=O) groups excluding carboxylic acids is 1. The van der Waals surface area contributed by atoms with Crippen LogP contribution in [0.25, 0.3) is 0 Å². The highest BCUT2D eigenvalue weighted by molar-refractivity contribution is 7.99. The molecule has 0 spiro atoms. The molecule has 0 atom stereocenters. The van der Waals surface area contributed by atoms with E-state index in [1.165, 1.54) is 0 Å². The van der Waals surface area contributed by atoms with Gasteiger partial charge in [0.15, 0.2) is 11.5 Å². The molecule has 2 aliphatic rings. The first-order chi connectivity index (χ1) is 10.6. The predicted molar refractivity (Wildman–Crippen MR) is 81.8 cm³/mol. The van der Waals surface area contributed by atoms with E-state index >= 15 is 0 Å². The lowest BCUT2D eigenvalue weighted by atomic mass is 9.91. The van der Waals surface area contributed by atoms with Crippen LogP contribution in [0.5, 0.6) is 11.5 Å². The highest BCUT2D eigenvalue weighted by atomic mass is 32.2. The third-order valence-corrected chi connectivity index (χ3v) is 4.90. The average Bonchev–Trinajstić information content (AvgIpc) is 2.55. The zero-order valence-electron chi connectivity index (χ0n) is 12.0. The second kappa shape index (κ2) is 6.08. The Labute approximate surface area is 132 Å². The average molecular weight is 323 g/mol. The quantitative estimate of drug-likeness (QED) is 0.878. The number of benzene rings is 1. The van der Waals surface area contributed by atoms with Gasteiger partial charge in [-0.15, -0.1) is 0 Å². The number of fused-ring (bicyclic) bond motifs is 1. The van der Waals surface area contributed by atoms with Crippen molar-refractivity contribution in [3.8, 4) is 11.5 Å². The van der Waals surface area contributed by atoms with Crippen LogP contribution in [0.1, 0.15) is 23.2 Å². The van der Waals surface area contributed by atoms with E-state index in [9.17, 15) is 14.7 Å². The van der Waals surface area contributed by atoms with Crippen molar-refractivity contribution in [3.05, 3.63) is 23.8 Å². The van der Waals surface area contributed by atoms with Gasteiger partial charge in [-0.3, -0.25) is 4.79 Å². The van der Waals surface area contributed by atoms with E-state index in [-0.39, 0.29) is 0 Å². The molecule has 3 rings (SSSR count). The maximum atomic E-state index is 12.6. The summed E-state index contributed by atoms with van der Waals surface area (Å²) in [6.07, 6.45) is 0.843. The number of carbonyl (C=O) groups is 2. The van der Waals surface area contributed by atoms with Crippen molar-refractivity contribution in [3.63, 3.8) is 0 Å². The summed E-state index contributed by atoms with van der Waals surface area (Å²) in [5.74, 6) is 0.928. The van der Waals surface area contributed by atoms with Crippen LogP contribution in [-0.4, -0.2) is 47.2 Å². The smallest absolute Gasteiger partial charge is 0.329 e. The number of hydrogen-bond donors (Lipinski definition) is 2. The Kier molecular flexibility index (Phi) is 4.15. The number of para-hydroxylation sites is 1. The van der Waals surface area contributed by atoms with Crippen molar-refractivity contribution in [2.75, 3.05) is 24.7 Å². The molecule has 0 saturated carbocycles. The maximum Gasteiger partial charge on any atom is 0.329 e. The molecule has 1 amide bonds. The van der Waals surface area contributed by atoms with Gasteiger partial charge in [-0.1, -0.05) is 6.07 Å². The van der Waals surface area contributed by atoms with Gasteiger partial charge in [-0.2, -0.15) is 11.8 Å². The standard InChI is InChI=1S/C15H17NO5S/c17-13(16-15(14(18)19)4-8-22-9-5-15)10-2-1-3-11-12(10)21-7-6-20-11/h1-3H,4-9H2,(H,16,17)(H,18,19). The SMILES string of the molecule is O=C(NC1(C(=O)O)CCSCC1)c1cccc2c1OCCO2. The molecular weight excluding hydrogens is 306 g/mol. The first-order valence-electron chi connectivity index (χ1n) is 7.15. The molecule has 0 bridgehead atoms. The monoisotopic (exact) mass is 323 g/mol. The van der Waals surface area contributed by atoms with Crippen LogP contribution < -0.4 is 14.8 Å². The molecule has 1 saturated heterocycles. The van der Waals surface area contributed by atoms with Crippen molar-refractivity contribution in [2.45, 2.75) is 18.4 Å². The fourth-order valence-corrected chi connectivity index (χ4v) is 3.84. The number of hydrogen-bond acceptors (Lipinski definition) is 5. The molecule has 1 aromatic rings. The van der Waals surface area contributed by atoms with Gasteiger partial charge in [0, 0.05) is 0 Å². The molecule has 0 aromatic heterocycles. The van der Waals surface area contributed by atoms with Crippen LogP contribution in [0, 0.1) is 0 Å². The normalized spacial score (nSPS) is 19.3. The molecule has 7 heteroatoms. The Morgan fingerprint density at radius 1 is 1.18 bits per heavy atom. The van der Waals surface area contributed by atoms with Crippen LogP contribution in [0.4, 0.5) is 0 Å².